The van der Waals surface area contributed by atoms with Gasteiger partial charge in [0.25, 0.3) is 11.5 Å². The quantitative estimate of drug-likeness (QED) is 0.250. The van der Waals surface area contributed by atoms with Crippen molar-refractivity contribution in [1.29, 1.82) is 0 Å². The van der Waals surface area contributed by atoms with Crippen LogP contribution in [-0.4, -0.2) is 59.8 Å². The molecule has 0 aliphatic carbocycles. The molecule has 4 aromatic rings. The Balaban J connectivity index is 1.34. The summed E-state index contributed by atoms with van der Waals surface area (Å²) in [6.45, 7) is 13.5. The van der Waals surface area contributed by atoms with Gasteiger partial charge in [-0.25, -0.2) is 4.98 Å². The molecule has 5 rings (SSSR count). The van der Waals surface area contributed by atoms with Crippen molar-refractivity contribution in [3.63, 3.8) is 0 Å². The largest absolute Gasteiger partial charge is 0.378 e. The van der Waals surface area contributed by atoms with Crippen LogP contribution in [0.3, 0.4) is 0 Å². The van der Waals surface area contributed by atoms with Crippen molar-refractivity contribution in [2.45, 2.75) is 26.8 Å². The monoisotopic (exact) mass is 592 g/mol. The summed E-state index contributed by atoms with van der Waals surface area (Å²) in [5.41, 5.74) is 7.04. The first kappa shape index (κ1) is 30.6. The average Bonchev–Trinajstić information content (AvgIpc) is 3.04. The number of aryl methyl sites for hydroxylation is 1. The Hall–Kier alpha value is -4.89. The first-order valence-electron chi connectivity index (χ1n) is 14.8. The molecule has 0 bridgehead atoms. The summed E-state index contributed by atoms with van der Waals surface area (Å²) in [7, 11) is 3.74. The van der Waals surface area contributed by atoms with E-state index in [0.29, 0.717) is 36.2 Å². The highest BCUT2D eigenvalue weighted by Crippen LogP contribution is 2.29. The molecule has 1 saturated heterocycles. The van der Waals surface area contributed by atoms with Gasteiger partial charge in [0.15, 0.2) is 5.82 Å². The Bertz CT molecular complexity index is 1700. The molecular weight excluding hydrogens is 552 g/mol. The molecule has 1 aliphatic rings. The third-order valence-corrected chi connectivity index (χ3v) is 8.11. The number of carbonyl (C=O) groups excluding carboxylic acids is 1. The maximum atomic E-state index is 13.1. The first-order chi connectivity index (χ1) is 21.1. The molecule has 9 heteroatoms. The number of morpholine rings is 1. The van der Waals surface area contributed by atoms with E-state index in [4.69, 9.17) is 9.72 Å². The average molecular weight is 593 g/mol. The Morgan fingerprint density at radius 1 is 1.00 bits per heavy atom. The Kier molecular flexibility index (Phi) is 9.15. The second kappa shape index (κ2) is 13.2. The highest BCUT2D eigenvalue weighted by molar-refractivity contribution is 6.05. The highest BCUT2D eigenvalue weighted by Gasteiger charge is 2.16. The minimum atomic E-state index is -0.246. The molecule has 0 saturated carbocycles. The van der Waals surface area contributed by atoms with Crippen molar-refractivity contribution in [2.75, 3.05) is 48.9 Å². The maximum Gasteiger partial charge on any atom is 0.293 e. The maximum absolute atomic E-state index is 13.1. The van der Waals surface area contributed by atoms with Crippen molar-refractivity contribution >= 4 is 34.5 Å². The van der Waals surface area contributed by atoms with Crippen LogP contribution in [0.5, 0.6) is 0 Å². The number of rotatable bonds is 9. The molecule has 2 heterocycles. The summed E-state index contributed by atoms with van der Waals surface area (Å²) >= 11 is 0. The fourth-order valence-electron chi connectivity index (χ4n) is 5.11. The van der Waals surface area contributed by atoms with Gasteiger partial charge >= 0.3 is 0 Å². The van der Waals surface area contributed by atoms with Gasteiger partial charge in [-0.3, -0.25) is 9.59 Å². The summed E-state index contributed by atoms with van der Waals surface area (Å²) in [6.07, 6.45) is 1.71. The van der Waals surface area contributed by atoms with E-state index < -0.39 is 0 Å². The van der Waals surface area contributed by atoms with Gasteiger partial charge in [-0.15, -0.1) is 0 Å². The number of hydrogen-bond acceptors (Lipinski definition) is 7. The fourth-order valence-corrected chi connectivity index (χ4v) is 5.11. The lowest BCUT2D eigenvalue weighted by Gasteiger charge is -2.30. The minimum absolute atomic E-state index is 0.195. The standard InChI is InChI=1S/C35H40N6O3/c1-23(2)40(6)29-16-12-27(13-17-29)34(42)38-31-9-7-8-30(24(31)3)32-22-39(5)35(43)33(37-32)36-28-14-10-26(11-15-28)25(4)41-18-20-44-21-19-41/h7-17,22-23H,4,18-21H2,1-3,5-6H3,(H,36,37)(H,38,42). The summed E-state index contributed by atoms with van der Waals surface area (Å²) in [5, 5.41) is 6.24. The molecule has 3 aromatic carbocycles. The molecule has 1 fully saturated rings. The molecular formula is C35H40N6O3. The highest BCUT2D eigenvalue weighted by atomic mass is 16.5. The van der Waals surface area contributed by atoms with Crippen molar-refractivity contribution in [1.82, 2.24) is 14.5 Å². The SMILES string of the molecule is C=C(c1ccc(Nc2nc(-c3cccc(NC(=O)c4ccc(N(C)C(C)C)cc4)c3C)cn(C)c2=O)cc1)N1CCOCC1. The van der Waals surface area contributed by atoms with E-state index in [-0.39, 0.29) is 17.3 Å². The number of nitrogens with zero attached hydrogens (tertiary/aromatic N) is 4. The van der Waals surface area contributed by atoms with Crippen LogP contribution in [0.1, 0.15) is 35.3 Å². The van der Waals surface area contributed by atoms with Gasteiger partial charge in [-0.05, 0) is 74.4 Å². The molecule has 1 aromatic heterocycles. The van der Waals surface area contributed by atoms with Gasteiger partial charge in [0.1, 0.15) is 0 Å². The van der Waals surface area contributed by atoms with Crippen molar-refractivity contribution in [2.24, 2.45) is 7.05 Å². The third kappa shape index (κ3) is 6.68. The Labute approximate surface area is 258 Å². The summed E-state index contributed by atoms with van der Waals surface area (Å²) in [6, 6.07) is 21.4. The molecule has 0 spiro atoms. The second-order valence-corrected chi connectivity index (χ2v) is 11.3. The van der Waals surface area contributed by atoms with E-state index in [2.05, 4.69) is 40.9 Å². The van der Waals surface area contributed by atoms with Crippen LogP contribution in [0.25, 0.3) is 17.0 Å². The lowest BCUT2D eigenvalue weighted by atomic mass is 10.0. The van der Waals surface area contributed by atoms with Crippen LogP contribution in [0.2, 0.25) is 0 Å². The van der Waals surface area contributed by atoms with Crippen molar-refractivity contribution in [3.05, 3.63) is 107 Å². The third-order valence-electron chi connectivity index (χ3n) is 8.11. The zero-order chi connectivity index (χ0) is 31.4. The number of carbonyl (C=O) groups is 1. The smallest absolute Gasteiger partial charge is 0.293 e. The van der Waals surface area contributed by atoms with Gasteiger partial charge in [0.05, 0.1) is 18.9 Å². The van der Waals surface area contributed by atoms with E-state index in [9.17, 15) is 9.59 Å². The van der Waals surface area contributed by atoms with E-state index >= 15 is 0 Å². The number of amides is 1. The Morgan fingerprint density at radius 2 is 1.66 bits per heavy atom. The number of aromatic nitrogens is 2. The van der Waals surface area contributed by atoms with Crippen LogP contribution in [0, 0.1) is 6.92 Å². The van der Waals surface area contributed by atoms with E-state index in [1.165, 1.54) is 4.57 Å². The van der Waals surface area contributed by atoms with E-state index in [0.717, 1.165) is 46.9 Å². The van der Waals surface area contributed by atoms with Gasteiger partial charge in [-0.1, -0.05) is 30.8 Å². The molecule has 2 N–H and O–H groups in total. The number of benzene rings is 3. The normalized spacial score (nSPS) is 13.1. The second-order valence-electron chi connectivity index (χ2n) is 11.3. The zero-order valence-corrected chi connectivity index (χ0v) is 26.1. The van der Waals surface area contributed by atoms with Gasteiger partial charge in [0, 0.05) is 73.3 Å². The predicted molar refractivity (Wildman–Crippen MR) is 179 cm³/mol. The molecule has 0 radical (unpaired) electrons. The minimum Gasteiger partial charge on any atom is -0.378 e. The first-order valence-corrected chi connectivity index (χ1v) is 14.8. The summed E-state index contributed by atoms with van der Waals surface area (Å²) < 4.78 is 6.96. The molecule has 1 amide bonds. The van der Waals surface area contributed by atoms with E-state index in [1.807, 2.05) is 80.7 Å². The van der Waals surface area contributed by atoms with Crippen LogP contribution in [0.15, 0.2) is 84.3 Å². The van der Waals surface area contributed by atoms with Gasteiger partial charge in [-0.2, -0.15) is 0 Å². The van der Waals surface area contributed by atoms with Crippen molar-refractivity contribution in [3.8, 4) is 11.3 Å². The summed E-state index contributed by atoms with van der Waals surface area (Å²) in [4.78, 5) is 35.2. The van der Waals surface area contributed by atoms with Crippen LogP contribution < -0.4 is 21.1 Å². The molecule has 44 heavy (non-hydrogen) atoms. The molecule has 228 valence electrons. The van der Waals surface area contributed by atoms with Crippen LogP contribution in [-0.2, 0) is 11.8 Å². The number of ether oxygens (including phenoxy) is 1. The van der Waals surface area contributed by atoms with Crippen molar-refractivity contribution < 1.29 is 9.53 Å². The fraction of sp³-hybridized carbons (Fsp3) is 0.286. The lowest BCUT2D eigenvalue weighted by molar-refractivity contribution is 0.0641. The number of hydrogen-bond donors (Lipinski definition) is 2. The topological polar surface area (TPSA) is 91.7 Å². The van der Waals surface area contributed by atoms with E-state index in [1.54, 1.807) is 13.2 Å². The molecule has 0 atom stereocenters. The molecule has 1 aliphatic heterocycles. The Morgan fingerprint density at radius 3 is 2.32 bits per heavy atom. The molecule has 9 nitrogen and oxygen atoms in total. The molecule has 0 unspecified atom stereocenters. The summed E-state index contributed by atoms with van der Waals surface area (Å²) in [5.74, 6) is 0.0181. The van der Waals surface area contributed by atoms with Crippen LogP contribution >= 0.6 is 0 Å². The van der Waals surface area contributed by atoms with Gasteiger partial charge in [0.2, 0.25) is 0 Å². The number of nitrogens with one attached hydrogen (secondary N) is 2. The lowest BCUT2D eigenvalue weighted by Crippen LogP contribution is -2.34. The van der Waals surface area contributed by atoms with Crippen LogP contribution in [0.4, 0.5) is 22.9 Å². The predicted octanol–water partition coefficient (Wildman–Crippen LogP) is 5.90. The van der Waals surface area contributed by atoms with Gasteiger partial charge < -0.3 is 29.7 Å². The zero-order valence-electron chi connectivity index (χ0n) is 26.1. The number of anilines is 4.